The number of carbonyl (C=O) groups is 1. The second-order valence-corrected chi connectivity index (χ2v) is 11.5. The van der Waals surface area contributed by atoms with Crippen LogP contribution in [0.2, 0.25) is 25.7 Å². The summed E-state index contributed by atoms with van der Waals surface area (Å²) in [5, 5.41) is 2.51. The van der Waals surface area contributed by atoms with Gasteiger partial charge in [0.05, 0.1) is 12.6 Å². The molecule has 1 radical (unpaired) electrons. The molecule has 0 spiro atoms. The lowest BCUT2D eigenvalue weighted by molar-refractivity contribution is 0.149. The number of alkyl carbamates (subject to hydrolysis) is 1. The number of ether oxygens (including phenoxy) is 1. The lowest BCUT2D eigenvalue weighted by Gasteiger charge is -2.17. The third kappa shape index (κ3) is 10.1. The molecule has 1 N–H and O–H groups in total. The summed E-state index contributed by atoms with van der Waals surface area (Å²) in [6.07, 6.45) is 1.89. The third-order valence-electron chi connectivity index (χ3n) is 2.23. The van der Waals surface area contributed by atoms with Crippen molar-refractivity contribution in [1.82, 2.24) is 5.32 Å². The van der Waals surface area contributed by atoms with Gasteiger partial charge < -0.3 is 10.1 Å². The maximum absolute atomic E-state index is 11.4. The van der Waals surface area contributed by atoms with Crippen molar-refractivity contribution in [2.75, 3.05) is 6.61 Å². The van der Waals surface area contributed by atoms with Crippen LogP contribution >= 0.6 is 0 Å². The fourth-order valence-corrected chi connectivity index (χ4v) is 1.96. The average Bonchev–Trinajstić information content (AvgIpc) is 2.13. The van der Waals surface area contributed by atoms with E-state index >= 15 is 0 Å². The van der Waals surface area contributed by atoms with Gasteiger partial charge in [-0.25, -0.2) is 4.79 Å². The Morgan fingerprint density at radius 2 is 1.94 bits per heavy atom. The Balaban J connectivity index is 3.87. The highest BCUT2D eigenvalue weighted by atomic mass is 28.3. The van der Waals surface area contributed by atoms with Gasteiger partial charge in [0.1, 0.15) is 0 Å². The largest absolute Gasteiger partial charge is 0.450 e. The number of rotatable bonds is 7. The predicted molar refractivity (Wildman–Crippen MR) is 71.6 cm³/mol. The maximum atomic E-state index is 11.4. The SMILES string of the molecule is CC(C)C[C@@H]([C]=O)NC(=O)OCC[Si](C)(C)C. The van der Waals surface area contributed by atoms with Gasteiger partial charge >= 0.3 is 6.09 Å². The predicted octanol–water partition coefficient (Wildman–Crippen LogP) is 2.58. The first-order valence-electron chi connectivity index (χ1n) is 6.05. The van der Waals surface area contributed by atoms with Gasteiger partial charge in [0.2, 0.25) is 6.29 Å². The van der Waals surface area contributed by atoms with E-state index in [9.17, 15) is 9.59 Å². The Hall–Kier alpha value is -0.843. The zero-order valence-electron chi connectivity index (χ0n) is 11.5. The highest BCUT2D eigenvalue weighted by Crippen LogP contribution is 2.08. The summed E-state index contributed by atoms with van der Waals surface area (Å²) in [4.78, 5) is 22.0. The quantitative estimate of drug-likeness (QED) is 0.714. The molecule has 0 bridgehead atoms. The Labute approximate surface area is 105 Å². The number of hydrogen-bond acceptors (Lipinski definition) is 3. The van der Waals surface area contributed by atoms with Crippen molar-refractivity contribution in [2.24, 2.45) is 5.92 Å². The van der Waals surface area contributed by atoms with Crippen LogP contribution in [0, 0.1) is 5.92 Å². The monoisotopic (exact) mass is 258 g/mol. The van der Waals surface area contributed by atoms with Crippen LogP contribution in [-0.4, -0.2) is 33.1 Å². The molecule has 0 unspecified atom stereocenters. The second-order valence-electron chi connectivity index (χ2n) is 5.89. The Morgan fingerprint density at radius 3 is 2.35 bits per heavy atom. The van der Waals surface area contributed by atoms with Crippen LogP contribution in [0.25, 0.3) is 0 Å². The first kappa shape index (κ1) is 16.2. The van der Waals surface area contributed by atoms with E-state index in [1.54, 1.807) is 0 Å². The number of hydrogen-bond donors (Lipinski definition) is 1. The number of carbonyl (C=O) groups excluding carboxylic acids is 2. The molecule has 0 saturated heterocycles. The van der Waals surface area contributed by atoms with Crippen LogP contribution in [0.3, 0.4) is 0 Å². The zero-order chi connectivity index (χ0) is 13.5. The highest BCUT2D eigenvalue weighted by molar-refractivity contribution is 6.76. The van der Waals surface area contributed by atoms with Crippen LogP contribution in [0.5, 0.6) is 0 Å². The summed E-state index contributed by atoms with van der Waals surface area (Å²) in [7, 11) is -1.18. The van der Waals surface area contributed by atoms with Crippen LogP contribution in [0.15, 0.2) is 0 Å². The van der Waals surface area contributed by atoms with Crippen molar-refractivity contribution < 1.29 is 14.3 Å². The molecule has 0 heterocycles. The first-order chi connectivity index (χ1) is 7.74. The molecule has 99 valence electrons. The summed E-state index contributed by atoms with van der Waals surface area (Å²) >= 11 is 0. The fraction of sp³-hybridized carbons (Fsp3) is 0.833. The van der Waals surface area contributed by atoms with E-state index in [2.05, 4.69) is 25.0 Å². The molecule has 0 rings (SSSR count). The highest BCUT2D eigenvalue weighted by Gasteiger charge is 2.17. The molecular weight excluding hydrogens is 234 g/mol. The molecule has 0 aliphatic heterocycles. The van der Waals surface area contributed by atoms with Crippen molar-refractivity contribution in [3.63, 3.8) is 0 Å². The van der Waals surface area contributed by atoms with Gasteiger partial charge in [-0.1, -0.05) is 33.5 Å². The van der Waals surface area contributed by atoms with E-state index < -0.39 is 20.2 Å². The third-order valence-corrected chi connectivity index (χ3v) is 3.93. The van der Waals surface area contributed by atoms with E-state index in [1.165, 1.54) is 0 Å². The van der Waals surface area contributed by atoms with E-state index in [-0.39, 0.29) is 0 Å². The van der Waals surface area contributed by atoms with Crippen molar-refractivity contribution in [3.8, 4) is 0 Å². The lowest BCUT2D eigenvalue weighted by Crippen LogP contribution is -2.38. The normalized spacial score (nSPS) is 13.3. The Morgan fingerprint density at radius 1 is 1.35 bits per heavy atom. The molecule has 0 aliphatic carbocycles. The fourth-order valence-electron chi connectivity index (χ4n) is 1.24. The van der Waals surface area contributed by atoms with Gasteiger partial charge in [-0.2, -0.15) is 0 Å². The van der Waals surface area contributed by atoms with Crippen molar-refractivity contribution in [3.05, 3.63) is 0 Å². The number of amides is 1. The molecule has 1 atom stereocenters. The smallest absolute Gasteiger partial charge is 0.407 e. The van der Waals surface area contributed by atoms with Crippen molar-refractivity contribution in [1.29, 1.82) is 0 Å². The summed E-state index contributed by atoms with van der Waals surface area (Å²) in [5.74, 6) is 0.337. The van der Waals surface area contributed by atoms with Crippen LogP contribution in [-0.2, 0) is 9.53 Å². The summed E-state index contributed by atoms with van der Waals surface area (Å²) in [6.45, 7) is 11.1. The van der Waals surface area contributed by atoms with Crippen LogP contribution in [0.4, 0.5) is 4.79 Å². The van der Waals surface area contributed by atoms with Gasteiger partial charge in [0.15, 0.2) is 0 Å². The van der Waals surface area contributed by atoms with Crippen LogP contribution in [0.1, 0.15) is 20.3 Å². The molecule has 0 aromatic heterocycles. The molecule has 17 heavy (non-hydrogen) atoms. The summed E-state index contributed by atoms with van der Waals surface area (Å²) in [6, 6.07) is 0.370. The first-order valence-corrected chi connectivity index (χ1v) is 9.76. The van der Waals surface area contributed by atoms with Crippen LogP contribution < -0.4 is 5.32 Å². The summed E-state index contributed by atoms with van der Waals surface area (Å²) in [5.41, 5.74) is 0. The molecule has 1 amide bonds. The second kappa shape index (κ2) is 7.48. The van der Waals surface area contributed by atoms with E-state index in [4.69, 9.17) is 4.74 Å². The standard InChI is InChI=1S/C12H24NO3Si/c1-10(2)8-11(9-14)13-12(15)16-6-7-17(3,4)5/h10-11H,6-8H2,1-5H3,(H,13,15)/t11-/m0/s1. The van der Waals surface area contributed by atoms with Gasteiger partial charge in [-0.05, 0) is 18.4 Å². The molecule has 0 fully saturated rings. The average molecular weight is 258 g/mol. The lowest BCUT2D eigenvalue weighted by atomic mass is 10.1. The van der Waals surface area contributed by atoms with Crippen molar-refractivity contribution in [2.45, 2.75) is 52.0 Å². The topological polar surface area (TPSA) is 55.4 Å². The molecule has 0 aromatic carbocycles. The van der Waals surface area contributed by atoms with Gasteiger partial charge in [0, 0.05) is 8.07 Å². The minimum Gasteiger partial charge on any atom is -0.450 e. The molecule has 4 nitrogen and oxygen atoms in total. The van der Waals surface area contributed by atoms with E-state index in [1.807, 2.05) is 20.1 Å². The molecule has 0 aliphatic rings. The minimum absolute atomic E-state index is 0.337. The Kier molecular flexibility index (Phi) is 7.11. The van der Waals surface area contributed by atoms with E-state index in [0.29, 0.717) is 18.9 Å². The van der Waals surface area contributed by atoms with Crippen molar-refractivity contribution >= 4 is 20.5 Å². The number of nitrogens with one attached hydrogen (secondary N) is 1. The minimum atomic E-state index is -1.18. The Bertz CT molecular complexity index is 249. The molecule has 0 saturated carbocycles. The van der Waals surface area contributed by atoms with E-state index in [0.717, 1.165) is 6.04 Å². The van der Waals surface area contributed by atoms with Gasteiger partial charge in [-0.3, -0.25) is 4.79 Å². The van der Waals surface area contributed by atoms with Gasteiger partial charge in [0.25, 0.3) is 0 Å². The molecule has 0 aromatic rings. The zero-order valence-corrected chi connectivity index (χ0v) is 12.5. The molecular formula is C12H24NO3Si. The summed E-state index contributed by atoms with van der Waals surface area (Å²) < 4.78 is 5.04. The maximum Gasteiger partial charge on any atom is 0.407 e. The molecule has 5 heteroatoms. The van der Waals surface area contributed by atoms with Gasteiger partial charge in [-0.15, -0.1) is 0 Å².